The fourth-order valence-electron chi connectivity index (χ4n) is 1.93. The van der Waals surface area contributed by atoms with E-state index in [1.807, 2.05) is 0 Å². The van der Waals surface area contributed by atoms with Crippen molar-refractivity contribution in [3.8, 4) is 0 Å². The lowest BCUT2D eigenvalue weighted by atomic mass is 10.1. The van der Waals surface area contributed by atoms with Crippen LogP contribution in [0.15, 0.2) is 0 Å². The van der Waals surface area contributed by atoms with Crippen LogP contribution in [0.25, 0.3) is 0 Å². The van der Waals surface area contributed by atoms with E-state index in [4.69, 9.17) is 10.5 Å². The third-order valence-corrected chi connectivity index (χ3v) is 2.74. The maximum absolute atomic E-state index is 11.7. The third kappa shape index (κ3) is 1.98. The first kappa shape index (κ1) is 11.5. The number of nitrogen functional groups attached to an aromatic ring is 1. The summed E-state index contributed by atoms with van der Waals surface area (Å²) in [4.78, 5) is 26.1. The van der Waals surface area contributed by atoms with Crippen molar-refractivity contribution in [3.05, 3.63) is 17.0 Å². The van der Waals surface area contributed by atoms with Crippen molar-refractivity contribution in [2.24, 2.45) is 0 Å². The lowest BCUT2D eigenvalue weighted by molar-refractivity contribution is 0.0521. The summed E-state index contributed by atoms with van der Waals surface area (Å²) in [5.74, 6) is -0.745. The summed E-state index contributed by atoms with van der Waals surface area (Å²) in [6, 6.07) is 0. The van der Waals surface area contributed by atoms with Gasteiger partial charge in [0.05, 0.1) is 12.3 Å². The number of rotatable bonds is 2. The van der Waals surface area contributed by atoms with Gasteiger partial charge in [-0.05, 0) is 19.8 Å². The molecule has 1 aliphatic rings. The van der Waals surface area contributed by atoms with Gasteiger partial charge in [-0.3, -0.25) is 4.79 Å². The predicted octanol–water partition coefficient (Wildman–Crippen LogP) is 0.450. The van der Waals surface area contributed by atoms with Crippen LogP contribution in [0.5, 0.6) is 0 Å². The fourth-order valence-corrected chi connectivity index (χ4v) is 1.93. The topological polar surface area (TPSA) is 97.2 Å². The van der Waals surface area contributed by atoms with Gasteiger partial charge in [0.15, 0.2) is 0 Å². The Bertz CT molecular complexity index is 465. The number of nitrogens with two attached hydrogens (primary N) is 1. The van der Waals surface area contributed by atoms with Gasteiger partial charge in [-0.15, -0.1) is 0 Å². The quantitative estimate of drug-likeness (QED) is 0.650. The minimum Gasteiger partial charge on any atom is -0.461 e. The molecule has 0 bridgehead atoms. The average Bonchev–Trinajstić information content (AvgIpc) is 2.51. The molecule has 6 nitrogen and oxygen atoms in total. The Morgan fingerprint density at radius 2 is 2.29 bits per heavy atom. The van der Waals surface area contributed by atoms with E-state index in [0.29, 0.717) is 29.9 Å². The highest BCUT2D eigenvalue weighted by Crippen LogP contribution is 2.25. The second kappa shape index (κ2) is 4.48. The molecule has 1 aliphatic heterocycles. The molecule has 1 aromatic heterocycles. The highest BCUT2D eigenvalue weighted by atomic mass is 16.5. The van der Waals surface area contributed by atoms with E-state index in [2.05, 4.69) is 10.3 Å². The number of ether oxygens (including phenoxy) is 1. The summed E-state index contributed by atoms with van der Waals surface area (Å²) in [6.07, 6.45) is 1.48. The highest BCUT2D eigenvalue weighted by molar-refractivity contribution is 6.02. The smallest absolute Gasteiger partial charge is 0.356 e. The number of anilines is 1. The van der Waals surface area contributed by atoms with E-state index in [1.54, 1.807) is 6.92 Å². The van der Waals surface area contributed by atoms with E-state index >= 15 is 0 Å². The van der Waals surface area contributed by atoms with Gasteiger partial charge in [-0.2, -0.15) is 0 Å². The molecule has 0 aromatic carbocycles. The summed E-state index contributed by atoms with van der Waals surface area (Å²) in [6.45, 7) is 2.61. The van der Waals surface area contributed by atoms with Crippen molar-refractivity contribution < 1.29 is 14.3 Å². The number of fused-ring (bicyclic) bond motifs is 1. The third-order valence-electron chi connectivity index (χ3n) is 2.74. The van der Waals surface area contributed by atoms with E-state index in [0.717, 1.165) is 6.42 Å². The lowest BCUT2D eigenvalue weighted by Gasteiger charge is -2.01. The van der Waals surface area contributed by atoms with Crippen LogP contribution < -0.4 is 11.1 Å². The minimum absolute atomic E-state index is 0.175. The van der Waals surface area contributed by atoms with Crippen molar-refractivity contribution in [1.29, 1.82) is 0 Å². The van der Waals surface area contributed by atoms with Gasteiger partial charge >= 0.3 is 5.97 Å². The lowest BCUT2D eigenvalue weighted by Crippen LogP contribution is -2.23. The van der Waals surface area contributed by atoms with Crippen LogP contribution in [0, 0.1) is 0 Å². The summed E-state index contributed by atoms with van der Waals surface area (Å²) >= 11 is 0. The zero-order valence-electron chi connectivity index (χ0n) is 9.63. The maximum atomic E-state index is 11.7. The number of H-pyrrole nitrogens is 1. The predicted molar refractivity (Wildman–Crippen MR) is 61.8 cm³/mol. The number of aromatic nitrogens is 1. The largest absolute Gasteiger partial charge is 0.461 e. The number of amides is 1. The Balaban J connectivity index is 2.41. The van der Waals surface area contributed by atoms with E-state index in [-0.39, 0.29) is 18.2 Å². The molecule has 1 amide bonds. The fraction of sp³-hybridized carbons (Fsp3) is 0.455. The van der Waals surface area contributed by atoms with Crippen LogP contribution in [0.1, 0.15) is 39.9 Å². The SMILES string of the molecule is CCOC(=O)c1[nH]c2c(c1N)CCCNC2=O. The molecule has 17 heavy (non-hydrogen) atoms. The monoisotopic (exact) mass is 237 g/mol. The second-order valence-electron chi connectivity index (χ2n) is 3.85. The first-order valence-corrected chi connectivity index (χ1v) is 5.60. The van der Waals surface area contributed by atoms with Gasteiger partial charge < -0.3 is 20.8 Å². The Hall–Kier alpha value is -1.98. The molecule has 6 heteroatoms. The number of hydrogen-bond acceptors (Lipinski definition) is 4. The van der Waals surface area contributed by atoms with Gasteiger partial charge in [0.2, 0.25) is 0 Å². The molecule has 0 saturated carbocycles. The number of aromatic amines is 1. The molecular formula is C11H15N3O3. The molecule has 0 atom stereocenters. The molecule has 4 N–H and O–H groups in total. The molecule has 0 unspecified atom stereocenters. The number of hydrogen-bond donors (Lipinski definition) is 3. The second-order valence-corrected chi connectivity index (χ2v) is 3.85. The Morgan fingerprint density at radius 3 is 3.00 bits per heavy atom. The van der Waals surface area contributed by atoms with Crippen molar-refractivity contribution in [2.75, 3.05) is 18.9 Å². The van der Waals surface area contributed by atoms with Gasteiger partial charge in [-0.1, -0.05) is 0 Å². The molecule has 0 spiro atoms. The van der Waals surface area contributed by atoms with Gasteiger partial charge in [0.25, 0.3) is 5.91 Å². The van der Waals surface area contributed by atoms with Crippen LogP contribution in [0.2, 0.25) is 0 Å². The molecule has 0 aliphatic carbocycles. The van der Waals surface area contributed by atoms with Gasteiger partial charge in [-0.25, -0.2) is 4.79 Å². The van der Waals surface area contributed by atoms with Crippen LogP contribution in [-0.4, -0.2) is 30.0 Å². The van der Waals surface area contributed by atoms with Crippen molar-refractivity contribution in [1.82, 2.24) is 10.3 Å². The van der Waals surface area contributed by atoms with E-state index in [1.165, 1.54) is 0 Å². The molecule has 0 fully saturated rings. The van der Waals surface area contributed by atoms with E-state index in [9.17, 15) is 9.59 Å². The van der Waals surface area contributed by atoms with E-state index < -0.39 is 5.97 Å². The van der Waals surface area contributed by atoms with Crippen LogP contribution >= 0.6 is 0 Å². The normalized spacial score (nSPS) is 14.8. The zero-order chi connectivity index (χ0) is 12.4. The average molecular weight is 237 g/mol. The molecular weight excluding hydrogens is 222 g/mol. The summed E-state index contributed by atoms with van der Waals surface area (Å²) in [5, 5.41) is 2.73. The van der Waals surface area contributed by atoms with Gasteiger partial charge in [0, 0.05) is 12.1 Å². The first-order chi connectivity index (χ1) is 8.15. The molecule has 0 radical (unpaired) electrons. The summed E-state index contributed by atoms with van der Waals surface area (Å²) < 4.78 is 4.87. The number of esters is 1. The van der Waals surface area contributed by atoms with Crippen molar-refractivity contribution in [3.63, 3.8) is 0 Å². The first-order valence-electron chi connectivity index (χ1n) is 5.60. The molecule has 2 heterocycles. The van der Waals surface area contributed by atoms with Crippen LogP contribution in [0.4, 0.5) is 5.69 Å². The van der Waals surface area contributed by atoms with Crippen molar-refractivity contribution >= 4 is 17.6 Å². The Labute approximate surface area is 98.5 Å². The molecule has 2 rings (SSSR count). The summed E-state index contributed by atoms with van der Waals surface area (Å²) in [7, 11) is 0. The maximum Gasteiger partial charge on any atom is 0.356 e. The highest BCUT2D eigenvalue weighted by Gasteiger charge is 2.25. The van der Waals surface area contributed by atoms with Crippen LogP contribution in [0.3, 0.4) is 0 Å². The number of carbonyl (C=O) groups is 2. The summed E-state index contributed by atoms with van der Waals surface area (Å²) in [5.41, 5.74) is 7.47. The van der Waals surface area contributed by atoms with Crippen LogP contribution in [-0.2, 0) is 11.2 Å². The minimum atomic E-state index is -0.522. The molecule has 1 aromatic rings. The Morgan fingerprint density at radius 1 is 1.53 bits per heavy atom. The zero-order valence-corrected chi connectivity index (χ0v) is 9.63. The number of nitrogens with one attached hydrogen (secondary N) is 2. The standard InChI is InChI=1S/C11H15N3O3/c1-2-17-11(16)9-7(12)6-4-3-5-13-10(15)8(6)14-9/h14H,2-5,12H2,1H3,(H,13,15). The Kier molecular flexibility index (Phi) is 3.03. The van der Waals surface area contributed by atoms with Crippen molar-refractivity contribution in [2.45, 2.75) is 19.8 Å². The molecule has 0 saturated heterocycles. The molecule has 92 valence electrons. The van der Waals surface area contributed by atoms with Gasteiger partial charge in [0.1, 0.15) is 11.4 Å². The number of carbonyl (C=O) groups excluding carboxylic acids is 2.